The summed E-state index contributed by atoms with van der Waals surface area (Å²) in [5.41, 5.74) is 2.19. The quantitative estimate of drug-likeness (QED) is 0.882. The Morgan fingerprint density at radius 3 is 2.56 bits per heavy atom. The van der Waals surface area contributed by atoms with Gasteiger partial charge in [-0.3, -0.25) is 4.79 Å². The van der Waals surface area contributed by atoms with Gasteiger partial charge in [0.15, 0.2) is 0 Å². The molecule has 0 spiro atoms. The average molecular weight is 368 g/mol. The lowest BCUT2D eigenvalue weighted by atomic mass is 10.00. The summed E-state index contributed by atoms with van der Waals surface area (Å²) in [4.78, 5) is 29.0. The summed E-state index contributed by atoms with van der Waals surface area (Å²) in [7, 11) is 0. The van der Waals surface area contributed by atoms with E-state index in [9.17, 15) is 9.59 Å². The second kappa shape index (κ2) is 8.29. The van der Waals surface area contributed by atoms with Crippen molar-refractivity contribution in [2.24, 2.45) is 0 Å². The van der Waals surface area contributed by atoms with Crippen LogP contribution < -0.4 is 5.32 Å². The zero-order chi connectivity index (χ0) is 19.4. The van der Waals surface area contributed by atoms with Crippen molar-refractivity contribution in [2.75, 3.05) is 19.6 Å². The lowest BCUT2D eigenvalue weighted by molar-refractivity contribution is -0.134. The summed E-state index contributed by atoms with van der Waals surface area (Å²) in [6.45, 7) is 7.69. The minimum absolute atomic E-state index is 0.0305. The first-order valence-electron chi connectivity index (χ1n) is 9.56. The molecular weight excluding hydrogens is 340 g/mol. The molecule has 1 unspecified atom stereocenters. The number of amides is 3. The van der Waals surface area contributed by atoms with E-state index in [4.69, 9.17) is 0 Å². The number of nitrogens with one attached hydrogen (secondary N) is 1. The van der Waals surface area contributed by atoms with Gasteiger partial charge >= 0.3 is 6.03 Å². The van der Waals surface area contributed by atoms with Gasteiger partial charge in [0.25, 0.3) is 0 Å². The molecule has 27 heavy (non-hydrogen) atoms. The maximum absolute atomic E-state index is 13.2. The fraction of sp³-hybridized carbons (Fsp3) is 0.429. The standard InChI is InChI=1S/C21H28N4O2/c1-4-23(21(27)22-16(2)3)15-19(26)25-14-13-24-12-8-11-18(24)20(25)17-9-6-5-7-10-17/h5-12,16,20H,4,13-15H2,1-3H3,(H,22,27). The summed E-state index contributed by atoms with van der Waals surface area (Å²) in [6.07, 6.45) is 2.06. The van der Waals surface area contributed by atoms with Gasteiger partial charge in [0, 0.05) is 37.6 Å². The van der Waals surface area contributed by atoms with Crippen LogP contribution in [0.2, 0.25) is 0 Å². The highest BCUT2D eigenvalue weighted by atomic mass is 16.2. The van der Waals surface area contributed by atoms with Gasteiger partial charge in [-0.25, -0.2) is 4.79 Å². The number of urea groups is 1. The largest absolute Gasteiger partial charge is 0.348 e. The van der Waals surface area contributed by atoms with Crippen molar-refractivity contribution in [1.82, 2.24) is 19.7 Å². The van der Waals surface area contributed by atoms with Crippen LogP contribution in [0.1, 0.15) is 38.1 Å². The minimum Gasteiger partial charge on any atom is -0.348 e. The van der Waals surface area contributed by atoms with Crippen LogP contribution in [0.4, 0.5) is 4.79 Å². The Bertz CT molecular complexity index is 784. The second-order valence-electron chi connectivity index (χ2n) is 7.15. The average Bonchev–Trinajstić information content (AvgIpc) is 3.13. The number of aromatic nitrogens is 1. The highest BCUT2D eigenvalue weighted by Gasteiger charge is 2.33. The Morgan fingerprint density at radius 2 is 1.89 bits per heavy atom. The van der Waals surface area contributed by atoms with Gasteiger partial charge in [0.2, 0.25) is 5.91 Å². The fourth-order valence-electron chi connectivity index (χ4n) is 3.56. The molecule has 2 heterocycles. The molecule has 3 amide bonds. The number of nitrogens with zero attached hydrogens (tertiary/aromatic N) is 3. The Hall–Kier alpha value is -2.76. The number of likely N-dealkylation sites (N-methyl/N-ethyl adjacent to an activating group) is 1. The molecule has 1 N–H and O–H groups in total. The highest BCUT2D eigenvalue weighted by molar-refractivity contribution is 5.84. The second-order valence-corrected chi connectivity index (χ2v) is 7.15. The number of benzene rings is 1. The van der Waals surface area contributed by atoms with Crippen molar-refractivity contribution < 1.29 is 9.59 Å². The molecule has 0 bridgehead atoms. The topological polar surface area (TPSA) is 57.6 Å². The number of fused-ring (bicyclic) bond motifs is 1. The predicted molar refractivity (Wildman–Crippen MR) is 105 cm³/mol. The predicted octanol–water partition coefficient (Wildman–Crippen LogP) is 2.86. The van der Waals surface area contributed by atoms with E-state index in [1.54, 1.807) is 4.90 Å². The third-order valence-electron chi connectivity index (χ3n) is 4.88. The van der Waals surface area contributed by atoms with Crippen molar-refractivity contribution in [3.63, 3.8) is 0 Å². The molecule has 1 aromatic carbocycles. The van der Waals surface area contributed by atoms with E-state index in [1.807, 2.05) is 49.9 Å². The van der Waals surface area contributed by atoms with Gasteiger partial charge in [-0.2, -0.15) is 0 Å². The number of carbonyl (C=O) groups is 2. The van der Waals surface area contributed by atoms with Gasteiger partial charge in [-0.05, 0) is 38.5 Å². The molecule has 3 rings (SSSR count). The highest BCUT2D eigenvalue weighted by Crippen LogP contribution is 2.32. The normalized spacial score (nSPS) is 16.1. The van der Waals surface area contributed by atoms with Crippen LogP contribution in [-0.2, 0) is 11.3 Å². The summed E-state index contributed by atoms with van der Waals surface area (Å²) in [5.74, 6) is -0.0305. The molecule has 6 nitrogen and oxygen atoms in total. The van der Waals surface area contributed by atoms with Gasteiger partial charge < -0.3 is 19.7 Å². The lowest BCUT2D eigenvalue weighted by Crippen LogP contribution is -2.50. The van der Waals surface area contributed by atoms with E-state index < -0.39 is 0 Å². The SMILES string of the molecule is CCN(CC(=O)N1CCn2cccc2C1c1ccccc1)C(=O)NC(C)C. The Morgan fingerprint density at radius 1 is 1.15 bits per heavy atom. The zero-order valence-corrected chi connectivity index (χ0v) is 16.3. The zero-order valence-electron chi connectivity index (χ0n) is 16.3. The first-order valence-corrected chi connectivity index (χ1v) is 9.56. The molecule has 0 radical (unpaired) electrons. The molecule has 0 saturated heterocycles. The molecule has 1 aliphatic heterocycles. The third-order valence-corrected chi connectivity index (χ3v) is 4.88. The maximum atomic E-state index is 13.2. The van der Waals surface area contributed by atoms with Crippen molar-refractivity contribution >= 4 is 11.9 Å². The molecule has 6 heteroatoms. The number of hydrogen-bond donors (Lipinski definition) is 1. The van der Waals surface area contributed by atoms with Crippen LogP contribution in [-0.4, -0.2) is 52.0 Å². The van der Waals surface area contributed by atoms with E-state index in [1.165, 1.54) is 0 Å². The molecule has 1 aliphatic rings. The monoisotopic (exact) mass is 368 g/mol. The molecule has 2 aromatic rings. The molecule has 0 saturated carbocycles. The van der Waals surface area contributed by atoms with Gasteiger partial charge in [0.1, 0.15) is 6.54 Å². The van der Waals surface area contributed by atoms with E-state index in [2.05, 4.69) is 34.3 Å². The smallest absolute Gasteiger partial charge is 0.318 e. The minimum atomic E-state index is -0.197. The lowest BCUT2D eigenvalue weighted by Gasteiger charge is -2.38. The third kappa shape index (κ3) is 4.15. The molecule has 0 aliphatic carbocycles. The molecular formula is C21H28N4O2. The van der Waals surface area contributed by atoms with E-state index in [0.717, 1.165) is 17.8 Å². The van der Waals surface area contributed by atoms with E-state index in [-0.39, 0.29) is 30.6 Å². The van der Waals surface area contributed by atoms with Crippen LogP contribution in [0.25, 0.3) is 0 Å². The number of carbonyl (C=O) groups excluding carboxylic acids is 2. The Kier molecular flexibility index (Phi) is 5.84. The summed E-state index contributed by atoms with van der Waals surface area (Å²) in [6, 6.07) is 13.9. The first kappa shape index (κ1) is 19.0. The van der Waals surface area contributed by atoms with Crippen LogP contribution >= 0.6 is 0 Å². The fourth-order valence-corrected chi connectivity index (χ4v) is 3.56. The van der Waals surface area contributed by atoms with Crippen molar-refractivity contribution in [3.05, 3.63) is 59.9 Å². The van der Waals surface area contributed by atoms with E-state index in [0.29, 0.717) is 13.1 Å². The number of rotatable bonds is 5. The van der Waals surface area contributed by atoms with Crippen LogP contribution in [0, 0.1) is 0 Å². The molecule has 144 valence electrons. The molecule has 1 aromatic heterocycles. The Balaban J connectivity index is 1.83. The summed E-state index contributed by atoms with van der Waals surface area (Å²) in [5, 5.41) is 2.87. The van der Waals surface area contributed by atoms with Crippen LogP contribution in [0.3, 0.4) is 0 Å². The van der Waals surface area contributed by atoms with Crippen LogP contribution in [0.15, 0.2) is 48.7 Å². The van der Waals surface area contributed by atoms with Crippen LogP contribution in [0.5, 0.6) is 0 Å². The van der Waals surface area contributed by atoms with Gasteiger partial charge in [-0.15, -0.1) is 0 Å². The van der Waals surface area contributed by atoms with Crippen molar-refractivity contribution in [2.45, 2.75) is 39.4 Å². The van der Waals surface area contributed by atoms with Crippen molar-refractivity contribution in [3.8, 4) is 0 Å². The van der Waals surface area contributed by atoms with Gasteiger partial charge in [0.05, 0.1) is 6.04 Å². The number of hydrogen-bond acceptors (Lipinski definition) is 2. The molecule has 0 fully saturated rings. The summed E-state index contributed by atoms with van der Waals surface area (Å²) < 4.78 is 2.20. The maximum Gasteiger partial charge on any atom is 0.318 e. The van der Waals surface area contributed by atoms with Gasteiger partial charge in [-0.1, -0.05) is 30.3 Å². The Labute approximate surface area is 160 Å². The first-order chi connectivity index (χ1) is 13.0. The van der Waals surface area contributed by atoms with E-state index >= 15 is 0 Å². The molecule has 1 atom stereocenters. The summed E-state index contributed by atoms with van der Waals surface area (Å²) >= 11 is 0. The van der Waals surface area contributed by atoms with Crippen molar-refractivity contribution in [1.29, 1.82) is 0 Å².